The fraction of sp³-hybridized carbons (Fsp3) is 0.400. The molecule has 192 valence electrons. The first-order chi connectivity index (χ1) is 18.0. The van der Waals surface area contributed by atoms with Crippen molar-refractivity contribution in [2.24, 2.45) is 13.0 Å². The molecule has 0 bridgehead atoms. The maximum atomic E-state index is 11.2. The fourth-order valence-electron chi connectivity index (χ4n) is 4.68. The molecule has 1 saturated heterocycles. The third-order valence-corrected chi connectivity index (χ3v) is 6.49. The largest absolute Gasteiger partial charge is 0.481 e. The molecule has 37 heavy (non-hydrogen) atoms. The van der Waals surface area contributed by atoms with Crippen LogP contribution in [0.2, 0.25) is 0 Å². The number of ether oxygens (including phenoxy) is 1. The number of aromatic nitrogens is 8. The summed E-state index contributed by atoms with van der Waals surface area (Å²) < 4.78 is 9.20. The topological polar surface area (TPSA) is 137 Å². The number of hydrogen-bond acceptors (Lipinski definition) is 9. The summed E-state index contributed by atoms with van der Waals surface area (Å²) in [5.41, 5.74) is 4.08. The van der Waals surface area contributed by atoms with Crippen LogP contribution in [-0.2, 0) is 24.9 Å². The standard InChI is InChI=1S/C25H29N9O3/c1-3-18-20(33-12-4-6-17(15-33)14-23(35)36)8-7-19(28-18)24-21(32(2)31-30-24)16-37-25-26-11-9-22(29-25)34-13-5-10-27-34/h5,7-11,13,17H,3-4,6,12,14-16H2,1-2H3,(H,35,36). The van der Waals surface area contributed by atoms with Gasteiger partial charge in [0.2, 0.25) is 0 Å². The van der Waals surface area contributed by atoms with Crippen molar-refractivity contribution in [3.8, 4) is 23.2 Å². The minimum atomic E-state index is -0.744. The van der Waals surface area contributed by atoms with E-state index < -0.39 is 5.97 Å². The van der Waals surface area contributed by atoms with Crippen molar-refractivity contribution in [1.29, 1.82) is 0 Å². The van der Waals surface area contributed by atoms with Gasteiger partial charge in [0, 0.05) is 51.2 Å². The van der Waals surface area contributed by atoms with Crippen LogP contribution >= 0.6 is 0 Å². The molecule has 4 aromatic heterocycles. The summed E-state index contributed by atoms with van der Waals surface area (Å²) in [6.07, 6.45) is 7.94. The molecule has 5 rings (SSSR count). The van der Waals surface area contributed by atoms with Gasteiger partial charge in [-0.2, -0.15) is 10.1 Å². The van der Waals surface area contributed by atoms with Crippen molar-refractivity contribution < 1.29 is 14.6 Å². The summed E-state index contributed by atoms with van der Waals surface area (Å²) >= 11 is 0. The molecule has 1 aliphatic heterocycles. The lowest BCUT2D eigenvalue weighted by molar-refractivity contribution is -0.138. The van der Waals surface area contributed by atoms with E-state index in [0.717, 1.165) is 49.4 Å². The van der Waals surface area contributed by atoms with E-state index in [9.17, 15) is 9.90 Å². The summed E-state index contributed by atoms with van der Waals surface area (Å²) in [7, 11) is 1.81. The Bertz CT molecular complexity index is 1370. The number of aliphatic carboxylic acids is 1. The van der Waals surface area contributed by atoms with Gasteiger partial charge in [-0.05, 0) is 43.4 Å². The smallest absolute Gasteiger partial charge is 0.318 e. The van der Waals surface area contributed by atoms with E-state index >= 15 is 0 Å². The molecule has 0 aliphatic carbocycles. The number of carboxylic acid groups (broad SMARTS) is 1. The van der Waals surface area contributed by atoms with E-state index in [1.165, 1.54) is 0 Å². The second kappa shape index (κ2) is 10.7. The van der Waals surface area contributed by atoms with Gasteiger partial charge in [0.05, 0.1) is 17.1 Å². The Hall–Kier alpha value is -4.35. The maximum absolute atomic E-state index is 11.2. The zero-order valence-electron chi connectivity index (χ0n) is 20.9. The molecule has 0 amide bonds. The van der Waals surface area contributed by atoms with Crippen LogP contribution in [0.3, 0.4) is 0 Å². The normalized spacial score (nSPS) is 15.6. The van der Waals surface area contributed by atoms with Gasteiger partial charge in [0.15, 0.2) is 5.82 Å². The lowest BCUT2D eigenvalue weighted by Gasteiger charge is -2.34. The zero-order valence-corrected chi connectivity index (χ0v) is 20.9. The van der Waals surface area contributed by atoms with Crippen LogP contribution in [0.1, 0.15) is 37.6 Å². The molecular formula is C25H29N9O3. The summed E-state index contributed by atoms with van der Waals surface area (Å²) in [6, 6.07) is 7.79. The minimum Gasteiger partial charge on any atom is -0.481 e. The molecule has 1 aliphatic rings. The Labute approximate surface area is 214 Å². The first kappa shape index (κ1) is 24.3. The molecule has 1 fully saturated rings. The van der Waals surface area contributed by atoms with Crippen molar-refractivity contribution in [2.45, 2.75) is 39.2 Å². The number of hydrogen-bond donors (Lipinski definition) is 1. The fourth-order valence-corrected chi connectivity index (χ4v) is 4.68. The third kappa shape index (κ3) is 5.42. The molecule has 1 N–H and O–H groups in total. The first-order valence-corrected chi connectivity index (χ1v) is 12.3. The van der Waals surface area contributed by atoms with Gasteiger partial charge in [0.1, 0.15) is 18.0 Å². The Morgan fingerprint density at radius 3 is 2.89 bits per heavy atom. The molecule has 0 spiro atoms. The molecule has 4 aromatic rings. The Morgan fingerprint density at radius 2 is 2.11 bits per heavy atom. The highest BCUT2D eigenvalue weighted by molar-refractivity contribution is 5.67. The van der Waals surface area contributed by atoms with E-state index in [2.05, 4.69) is 43.3 Å². The average molecular weight is 504 g/mol. The number of carbonyl (C=O) groups is 1. The van der Waals surface area contributed by atoms with Crippen molar-refractivity contribution >= 4 is 11.7 Å². The third-order valence-electron chi connectivity index (χ3n) is 6.49. The van der Waals surface area contributed by atoms with Gasteiger partial charge in [-0.3, -0.25) is 4.79 Å². The SMILES string of the molecule is CCc1nc(-c2nnn(C)c2COc2nccc(-n3cccn3)n2)ccc1N1CCCC(CC(=O)O)C1. The van der Waals surface area contributed by atoms with Gasteiger partial charge < -0.3 is 14.7 Å². The number of nitrogens with zero attached hydrogens (tertiary/aromatic N) is 9. The lowest BCUT2D eigenvalue weighted by Crippen LogP contribution is -2.37. The van der Waals surface area contributed by atoms with Gasteiger partial charge in [-0.25, -0.2) is 19.3 Å². The number of aryl methyl sites for hydroxylation is 2. The van der Waals surface area contributed by atoms with Crippen LogP contribution in [0, 0.1) is 5.92 Å². The number of rotatable bonds is 9. The zero-order chi connectivity index (χ0) is 25.8. The predicted octanol–water partition coefficient (Wildman–Crippen LogP) is 2.69. The second-order valence-corrected chi connectivity index (χ2v) is 9.01. The minimum absolute atomic E-state index is 0.147. The summed E-state index contributed by atoms with van der Waals surface area (Å²) in [5, 5.41) is 22.0. The summed E-state index contributed by atoms with van der Waals surface area (Å²) in [4.78, 5) is 27.0. The van der Waals surface area contributed by atoms with E-state index in [-0.39, 0.29) is 25.0 Å². The molecule has 5 heterocycles. The average Bonchev–Trinajstić information content (AvgIpc) is 3.57. The maximum Gasteiger partial charge on any atom is 0.318 e. The second-order valence-electron chi connectivity index (χ2n) is 9.01. The van der Waals surface area contributed by atoms with Crippen LogP contribution in [0.15, 0.2) is 42.9 Å². The number of piperidine rings is 1. The van der Waals surface area contributed by atoms with E-state index in [1.54, 1.807) is 34.0 Å². The van der Waals surface area contributed by atoms with Gasteiger partial charge in [-0.1, -0.05) is 12.1 Å². The highest BCUT2D eigenvalue weighted by Gasteiger charge is 2.25. The molecule has 1 atom stereocenters. The Kier molecular flexibility index (Phi) is 7.06. The quantitative estimate of drug-likeness (QED) is 0.363. The van der Waals surface area contributed by atoms with E-state index in [1.807, 2.05) is 19.2 Å². The van der Waals surface area contributed by atoms with Crippen LogP contribution in [-0.4, -0.2) is 63.9 Å². The highest BCUT2D eigenvalue weighted by Crippen LogP contribution is 2.30. The molecular weight excluding hydrogens is 474 g/mol. The van der Waals surface area contributed by atoms with E-state index in [0.29, 0.717) is 17.2 Å². The molecule has 12 heteroatoms. The molecule has 0 aromatic carbocycles. The van der Waals surface area contributed by atoms with Gasteiger partial charge in [0.25, 0.3) is 0 Å². The van der Waals surface area contributed by atoms with Crippen LogP contribution in [0.25, 0.3) is 17.2 Å². The lowest BCUT2D eigenvalue weighted by atomic mass is 9.94. The van der Waals surface area contributed by atoms with Crippen LogP contribution < -0.4 is 9.64 Å². The molecule has 0 saturated carbocycles. The van der Waals surface area contributed by atoms with Crippen molar-refractivity contribution in [2.75, 3.05) is 18.0 Å². The summed E-state index contributed by atoms with van der Waals surface area (Å²) in [6.45, 7) is 3.85. The van der Waals surface area contributed by atoms with Gasteiger partial charge in [-0.15, -0.1) is 5.10 Å². The van der Waals surface area contributed by atoms with Crippen LogP contribution in [0.5, 0.6) is 6.01 Å². The Balaban J connectivity index is 1.35. The molecule has 0 radical (unpaired) electrons. The monoisotopic (exact) mass is 503 g/mol. The van der Waals surface area contributed by atoms with Gasteiger partial charge >= 0.3 is 12.0 Å². The molecule has 12 nitrogen and oxygen atoms in total. The van der Waals surface area contributed by atoms with Crippen molar-refractivity contribution in [3.63, 3.8) is 0 Å². The summed E-state index contributed by atoms with van der Waals surface area (Å²) in [5.74, 6) is 0.00634. The predicted molar refractivity (Wildman–Crippen MR) is 134 cm³/mol. The number of pyridine rings is 1. The van der Waals surface area contributed by atoms with E-state index in [4.69, 9.17) is 9.72 Å². The number of carboxylic acids is 1. The van der Waals surface area contributed by atoms with Crippen LogP contribution in [0.4, 0.5) is 5.69 Å². The Morgan fingerprint density at radius 1 is 1.22 bits per heavy atom. The van der Waals surface area contributed by atoms with Crippen molar-refractivity contribution in [3.05, 3.63) is 54.2 Å². The number of anilines is 1. The van der Waals surface area contributed by atoms with Crippen molar-refractivity contribution in [1.82, 2.24) is 39.7 Å². The highest BCUT2D eigenvalue weighted by atomic mass is 16.5. The molecule has 1 unspecified atom stereocenters. The first-order valence-electron chi connectivity index (χ1n) is 12.3.